The first-order chi connectivity index (χ1) is 5.18. The van der Waals surface area contributed by atoms with Gasteiger partial charge in [0, 0.05) is 12.2 Å². The second kappa shape index (κ2) is 3.44. The van der Waals surface area contributed by atoms with E-state index in [1.807, 2.05) is 27.1 Å². The van der Waals surface area contributed by atoms with E-state index in [9.17, 15) is 0 Å². The third-order valence-electron chi connectivity index (χ3n) is 1.34. The van der Waals surface area contributed by atoms with Crippen LogP contribution < -0.4 is 0 Å². The summed E-state index contributed by atoms with van der Waals surface area (Å²) < 4.78 is 0. The lowest BCUT2D eigenvalue weighted by molar-refractivity contribution is 0.396. The molecule has 1 heterocycles. The molecule has 0 radical (unpaired) electrons. The summed E-state index contributed by atoms with van der Waals surface area (Å²) in [5.74, 6) is 0. The summed E-state index contributed by atoms with van der Waals surface area (Å²) in [6, 6.07) is 2.00. The average molecular weight is 151 g/mol. The van der Waals surface area contributed by atoms with E-state index in [-0.39, 0.29) is 0 Å². The summed E-state index contributed by atoms with van der Waals surface area (Å²) in [4.78, 5) is 10.2. The molecule has 0 fully saturated rings. The fraction of sp³-hybridized carbons (Fsp3) is 0.500. The van der Waals surface area contributed by atoms with Gasteiger partial charge in [-0.1, -0.05) is 0 Å². The van der Waals surface area contributed by atoms with Gasteiger partial charge in [-0.25, -0.2) is 9.97 Å². The highest BCUT2D eigenvalue weighted by Gasteiger charge is 1.95. The Kier molecular flexibility index (Phi) is 2.54. The van der Waals surface area contributed by atoms with Crippen LogP contribution in [-0.2, 0) is 6.54 Å². The van der Waals surface area contributed by atoms with E-state index < -0.39 is 0 Å². The van der Waals surface area contributed by atoms with Crippen LogP contribution in [0.15, 0.2) is 12.4 Å². The summed E-state index contributed by atoms with van der Waals surface area (Å²) in [6.45, 7) is 2.85. The zero-order valence-electron chi connectivity index (χ0n) is 7.20. The summed E-state index contributed by atoms with van der Waals surface area (Å²) in [7, 11) is 4.05. The van der Waals surface area contributed by atoms with Gasteiger partial charge >= 0.3 is 0 Å². The monoisotopic (exact) mass is 151 g/mol. The van der Waals surface area contributed by atoms with E-state index in [0.29, 0.717) is 0 Å². The number of aromatic nitrogens is 2. The van der Waals surface area contributed by atoms with E-state index in [2.05, 4.69) is 14.9 Å². The summed E-state index contributed by atoms with van der Waals surface area (Å²) in [6.07, 6.45) is 1.61. The Morgan fingerprint density at radius 3 is 2.64 bits per heavy atom. The fourth-order valence-corrected chi connectivity index (χ4v) is 0.920. The maximum Gasteiger partial charge on any atom is 0.115 e. The quantitative estimate of drug-likeness (QED) is 0.627. The molecule has 1 aromatic rings. The van der Waals surface area contributed by atoms with E-state index in [4.69, 9.17) is 0 Å². The van der Waals surface area contributed by atoms with Crippen molar-refractivity contribution in [1.82, 2.24) is 14.9 Å². The Balaban J connectivity index is 2.71. The molecule has 1 rings (SSSR count). The number of aryl methyl sites for hydroxylation is 1. The first kappa shape index (κ1) is 8.14. The predicted molar refractivity (Wildman–Crippen MR) is 44.2 cm³/mol. The smallest absolute Gasteiger partial charge is 0.115 e. The molecule has 0 saturated heterocycles. The van der Waals surface area contributed by atoms with Crippen molar-refractivity contribution in [1.29, 1.82) is 0 Å². The van der Waals surface area contributed by atoms with Crippen LogP contribution in [0.3, 0.4) is 0 Å². The third kappa shape index (κ3) is 2.63. The Bertz CT molecular complexity index is 233. The molecule has 1 aromatic heterocycles. The van der Waals surface area contributed by atoms with Gasteiger partial charge in [-0.15, -0.1) is 0 Å². The molecule has 0 unspecified atom stereocenters. The van der Waals surface area contributed by atoms with E-state index >= 15 is 0 Å². The SMILES string of the molecule is Cc1cc(CN(C)C)ncn1. The number of nitrogens with zero attached hydrogens (tertiary/aromatic N) is 3. The normalized spacial score (nSPS) is 10.5. The van der Waals surface area contributed by atoms with Crippen molar-refractivity contribution in [2.45, 2.75) is 13.5 Å². The Labute approximate surface area is 67.1 Å². The molecule has 0 spiro atoms. The second-order valence-corrected chi connectivity index (χ2v) is 2.89. The fourth-order valence-electron chi connectivity index (χ4n) is 0.920. The minimum absolute atomic E-state index is 0.878. The molecule has 0 aliphatic carbocycles. The first-order valence-electron chi connectivity index (χ1n) is 3.61. The number of rotatable bonds is 2. The Morgan fingerprint density at radius 1 is 1.36 bits per heavy atom. The molecule has 3 nitrogen and oxygen atoms in total. The standard InChI is InChI=1S/C8H13N3/c1-7-4-8(5-11(2)3)10-6-9-7/h4,6H,5H2,1-3H3. The summed E-state index contributed by atoms with van der Waals surface area (Å²) in [5, 5.41) is 0. The molecule has 0 aliphatic rings. The van der Waals surface area contributed by atoms with Gasteiger partial charge in [0.15, 0.2) is 0 Å². The molecule has 0 atom stereocenters. The van der Waals surface area contributed by atoms with Crippen molar-refractivity contribution in [3.05, 3.63) is 23.8 Å². The predicted octanol–water partition coefficient (Wildman–Crippen LogP) is 0.847. The maximum atomic E-state index is 4.13. The van der Waals surface area contributed by atoms with E-state index in [1.165, 1.54) is 0 Å². The Morgan fingerprint density at radius 2 is 2.09 bits per heavy atom. The topological polar surface area (TPSA) is 29.0 Å². The van der Waals surface area contributed by atoms with Gasteiger partial charge in [0.1, 0.15) is 6.33 Å². The summed E-state index contributed by atoms with van der Waals surface area (Å²) in [5.41, 5.74) is 2.10. The number of hydrogen-bond acceptors (Lipinski definition) is 3. The highest BCUT2D eigenvalue weighted by Crippen LogP contribution is 1.98. The third-order valence-corrected chi connectivity index (χ3v) is 1.34. The second-order valence-electron chi connectivity index (χ2n) is 2.89. The largest absolute Gasteiger partial charge is 0.304 e. The average Bonchev–Trinajstić information content (AvgIpc) is 1.85. The van der Waals surface area contributed by atoms with Crippen molar-refractivity contribution in [2.75, 3.05) is 14.1 Å². The van der Waals surface area contributed by atoms with Crippen molar-refractivity contribution in [3.8, 4) is 0 Å². The van der Waals surface area contributed by atoms with Crippen LogP contribution in [0.5, 0.6) is 0 Å². The molecule has 0 aliphatic heterocycles. The maximum absolute atomic E-state index is 4.13. The molecule has 0 bridgehead atoms. The molecule has 3 heteroatoms. The Hall–Kier alpha value is -0.960. The lowest BCUT2D eigenvalue weighted by Gasteiger charge is -2.07. The van der Waals surface area contributed by atoms with Crippen molar-refractivity contribution in [2.24, 2.45) is 0 Å². The van der Waals surface area contributed by atoms with Crippen LogP contribution in [0.4, 0.5) is 0 Å². The van der Waals surface area contributed by atoms with Crippen molar-refractivity contribution < 1.29 is 0 Å². The van der Waals surface area contributed by atoms with Crippen LogP contribution in [-0.4, -0.2) is 29.0 Å². The van der Waals surface area contributed by atoms with Gasteiger partial charge in [-0.2, -0.15) is 0 Å². The molecular formula is C8H13N3. The van der Waals surface area contributed by atoms with Crippen LogP contribution in [0, 0.1) is 6.92 Å². The molecule has 0 N–H and O–H groups in total. The van der Waals surface area contributed by atoms with Crippen molar-refractivity contribution in [3.63, 3.8) is 0 Å². The van der Waals surface area contributed by atoms with Gasteiger partial charge in [0.25, 0.3) is 0 Å². The lowest BCUT2D eigenvalue weighted by atomic mass is 10.3. The van der Waals surface area contributed by atoms with Crippen molar-refractivity contribution >= 4 is 0 Å². The molecule has 0 aromatic carbocycles. The number of hydrogen-bond donors (Lipinski definition) is 0. The first-order valence-corrected chi connectivity index (χ1v) is 3.61. The molecule has 0 amide bonds. The molecule has 11 heavy (non-hydrogen) atoms. The molecular weight excluding hydrogens is 138 g/mol. The van der Waals surface area contributed by atoms with Gasteiger partial charge in [0.05, 0.1) is 5.69 Å². The van der Waals surface area contributed by atoms with E-state index in [0.717, 1.165) is 17.9 Å². The minimum Gasteiger partial charge on any atom is -0.304 e. The molecule has 0 saturated carbocycles. The van der Waals surface area contributed by atoms with Gasteiger partial charge in [-0.05, 0) is 27.1 Å². The zero-order chi connectivity index (χ0) is 8.27. The molecule has 60 valence electrons. The lowest BCUT2D eigenvalue weighted by Crippen LogP contribution is -2.12. The van der Waals surface area contributed by atoms with Gasteiger partial charge in [0.2, 0.25) is 0 Å². The van der Waals surface area contributed by atoms with Crippen LogP contribution in [0.2, 0.25) is 0 Å². The summed E-state index contributed by atoms with van der Waals surface area (Å²) >= 11 is 0. The van der Waals surface area contributed by atoms with E-state index in [1.54, 1.807) is 6.33 Å². The zero-order valence-corrected chi connectivity index (χ0v) is 7.20. The van der Waals surface area contributed by atoms with Crippen LogP contribution in [0.1, 0.15) is 11.4 Å². The van der Waals surface area contributed by atoms with Crippen LogP contribution in [0.25, 0.3) is 0 Å². The highest BCUT2D eigenvalue weighted by molar-refractivity contribution is 5.05. The minimum atomic E-state index is 0.878. The van der Waals surface area contributed by atoms with Gasteiger partial charge < -0.3 is 4.90 Å². The van der Waals surface area contributed by atoms with Gasteiger partial charge in [-0.3, -0.25) is 0 Å². The van der Waals surface area contributed by atoms with Crippen LogP contribution >= 0.6 is 0 Å². The highest BCUT2D eigenvalue weighted by atomic mass is 15.1.